The summed E-state index contributed by atoms with van der Waals surface area (Å²) < 4.78 is 1.27. The molecule has 3 N–H and O–H groups in total. The maximum atomic E-state index is 5.62. The highest BCUT2D eigenvalue weighted by atomic mass is 127. The second-order valence-electron chi connectivity index (χ2n) is 4.30. The Hall–Kier alpha value is -0.130. The molecule has 15 heavy (non-hydrogen) atoms. The standard InChI is InChI=1S/C12H17IN2/c13-11-6-4-10(5-7-11)12(15-14)8-9-2-1-3-9/h4-7,9,12,15H,1-3,8,14H2. The molecule has 1 saturated carbocycles. The van der Waals surface area contributed by atoms with Crippen molar-refractivity contribution in [3.8, 4) is 0 Å². The van der Waals surface area contributed by atoms with Gasteiger partial charge in [0.15, 0.2) is 0 Å². The fraction of sp³-hybridized carbons (Fsp3) is 0.500. The van der Waals surface area contributed by atoms with Crippen molar-refractivity contribution in [3.05, 3.63) is 33.4 Å². The lowest BCUT2D eigenvalue weighted by Crippen LogP contribution is -2.31. The Morgan fingerprint density at radius 2 is 2.00 bits per heavy atom. The van der Waals surface area contributed by atoms with Crippen LogP contribution in [0.5, 0.6) is 0 Å². The number of hydrazine groups is 1. The average Bonchev–Trinajstić information content (AvgIpc) is 2.19. The molecule has 0 bridgehead atoms. The molecule has 0 aromatic heterocycles. The van der Waals surface area contributed by atoms with E-state index in [0.717, 1.165) is 5.92 Å². The Labute approximate surface area is 105 Å². The summed E-state index contributed by atoms with van der Waals surface area (Å²) in [7, 11) is 0. The van der Waals surface area contributed by atoms with E-state index in [1.54, 1.807) is 0 Å². The van der Waals surface area contributed by atoms with Gasteiger partial charge in [-0.1, -0.05) is 31.4 Å². The van der Waals surface area contributed by atoms with Crippen LogP contribution in [-0.2, 0) is 0 Å². The SMILES string of the molecule is NNC(CC1CCC1)c1ccc(I)cc1. The molecule has 1 aromatic carbocycles. The molecule has 1 aliphatic carbocycles. The van der Waals surface area contributed by atoms with Crippen LogP contribution >= 0.6 is 22.6 Å². The number of benzene rings is 1. The molecule has 1 aliphatic rings. The summed E-state index contributed by atoms with van der Waals surface area (Å²) in [5.74, 6) is 6.50. The van der Waals surface area contributed by atoms with E-state index in [1.807, 2.05) is 0 Å². The molecular weight excluding hydrogens is 299 g/mol. The van der Waals surface area contributed by atoms with Gasteiger partial charge in [-0.15, -0.1) is 0 Å². The van der Waals surface area contributed by atoms with Gasteiger partial charge in [0.05, 0.1) is 0 Å². The molecule has 0 amide bonds. The van der Waals surface area contributed by atoms with Crippen molar-refractivity contribution in [2.24, 2.45) is 11.8 Å². The quantitative estimate of drug-likeness (QED) is 0.509. The third-order valence-corrected chi connectivity index (χ3v) is 3.99. The van der Waals surface area contributed by atoms with E-state index in [1.165, 1.54) is 34.8 Å². The molecule has 2 rings (SSSR count). The Morgan fingerprint density at radius 3 is 2.47 bits per heavy atom. The molecular formula is C12H17IN2. The van der Waals surface area contributed by atoms with Crippen LogP contribution in [0.2, 0.25) is 0 Å². The smallest absolute Gasteiger partial charge is 0.0462 e. The first-order valence-corrected chi connectivity index (χ1v) is 6.59. The first-order chi connectivity index (χ1) is 7.29. The fourth-order valence-electron chi connectivity index (χ4n) is 2.06. The van der Waals surface area contributed by atoms with E-state index in [9.17, 15) is 0 Å². The van der Waals surface area contributed by atoms with E-state index in [-0.39, 0.29) is 0 Å². The fourth-order valence-corrected chi connectivity index (χ4v) is 2.42. The van der Waals surface area contributed by atoms with Crippen molar-refractivity contribution in [1.29, 1.82) is 0 Å². The summed E-state index contributed by atoms with van der Waals surface area (Å²) in [5, 5.41) is 0. The second kappa shape index (κ2) is 5.27. The normalized spacial score (nSPS) is 18.5. The molecule has 1 unspecified atom stereocenters. The molecule has 0 radical (unpaired) electrons. The summed E-state index contributed by atoms with van der Waals surface area (Å²) in [6.45, 7) is 0. The average molecular weight is 316 g/mol. The van der Waals surface area contributed by atoms with Gasteiger partial charge in [-0.05, 0) is 52.6 Å². The van der Waals surface area contributed by atoms with Crippen LogP contribution in [0.25, 0.3) is 0 Å². The molecule has 0 spiro atoms. The van der Waals surface area contributed by atoms with E-state index < -0.39 is 0 Å². The van der Waals surface area contributed by atoms with Crippen molar-refractivity contribution in [2.75, 3.05) is 0 Å². The second-order valence-corrected chi connectivity index (χ2v) is 5.55. The summed E-state index contributed by atoms with van der Waals surface area (Å²) in [6, 6.07) is 8.95. The van der Waals surface area contributed by atoms with Gasteiger partial charge in [0, 0.05) is 9.61 Å². The van der Waals surface area contributed by atoms with E-state index in [0.29, 0.717) is 6.04 Å². The Morgan fingerprint density at radius 1 is 1.33 bits per heavy atom. The summed E-state index contributed by atoms with van der Waals surface area (Å²) in [5.41, 5.74) is 4.24. The monoisotopic (exact) mass is 316 g/mol. The molecule has 0 heterocycles. The van der Waals surface area contributed by atoms with Crippen molar-refractivity contribution in [2.45, 2.75) is 31.7 Å². The molecule has 1 aromatic rings. The molecule has 82 valence electrons. The molecule has 3 heteroatoms. The molecule has 1 atom stereocenters. The predicted octanol–water partition coefficient (Wildman–Crippen LogP) is 2.99. The molecule has 0 aliphatic heterocycles. The van der Waals surface area contributed by atoms with Gasteiger partial charge in [0.25, 0.3) is 0 Å². The topological polar surface area (TPSA) is 38.0 Å². The zero-order chi connectivity index (χ0) is 10.7. The first-order valence-electron chi connectivity index (χ1n) is 5.51. The Balaban J connectivity index is 2.01. The van der Waals surface area contributed by atoms with Gasteiger partial charge in [-0.2, -0.15) is 0 Å². The first kappa shape index (κ1) is 11.4. The van der Waals surface area contributed by atoms with E-state index >= 15 is 0 Å². The van der Waals surface area contributed by atoms with Gasteiger partial charge < -0.3 is 0 Å². The molecule has 1 fully saturated rings. The summed E-state index contributed by atoms with van der Waals surface area (Å²) in [6.07, 6.45) is 5.33. The van der Waals surface area contributed by atoms with Crippen molar-refractivity contribution < 1.29 is 0 Å². The summed E-state index contributed by atoms with van der Waals surface area (Å²) >= 11 is 2.32. The zero-order valence-corrected chi connectivity index (χ0v) is 10.9. The lowest BCUT2D eigenvalue weighted by molar-refractivity contribution is 0.262. The lowest BCUT2D eigenvalue weighted by Gasteiger charge is -2.29. The maximum absolute atomic E-state index is 5.62. The number of nitrogens with two attached hydrogens (primary N) is 1. The van der Waals surface area contributed by atoms with Gasteiger partial charge in [0.1, 0.15) is 0 Å². The number of nitrogens with one attached hydrogen (secondary N) is 1. The van der Waals surface area contributed by atoms with Crippen LogP contribution in [0.3, 0.4) is 0 Å². The van der Waals surface area contributed by atoms with Crippen molar-refractivity contribution in [1.82, 2.24) is 5.43 Å². The number of hydrogen-bond acceptors (Lipinski definition) is 2. The minimum atomic E-state index is 0.326. The van der Waals surface area contributed by atoms with Gasteiger partial charge >= 0.3 is 0 Å². The van der Waals surface area contributed by atoms with Crippen LogP contribution < -0.4 is 11.3 Å². The van der Waals surface area contributed by atoms with Gasteiger partial charge in [-0.25, -0.2) is 0 Å². The van der Waals surface area contributed by atoms with Gasteiger partial charge in [0.2, 0.25) is 0 Å². The maximum Gasteiger partial charge on any atom is 0.0462 e. The third kappa shape index (κ3) is 2.92. The highest BCUT2D eigenvalue weighted by Gasteiger charge is 2.22. The predicted molar refractivity (Wildman–Crippen MR) is 71.2 cm³/mol. The van der Waals surface area contributed by atoms with Crippen LogP contribution in [0, 0.1) is 9.49 Å². The number of halogens is 1. The zero-order valence-electron chi connectivity index (χ0n) is 8.75. The number of hydrogen-bond donors (Lipinski definition) is 2. The Bertz CT molecular complexity index is 306. The highest BCUT2D eigenvalue weighted by Crippen LogP contribution is 2.34. The van der Waals surface area contributed by atoms with Crippen molar-refractivity contribution in [3.63, 3.8) is 0 Å². The minimum absolute atomic E-state index is 0.326. The minimum Gasteiger partial charge on any atom is -0.271 e. The van der Waals surface area contributed by atoms with Crippen molar-refractivity contribution >= 4 is 22.6 Å². The van der Waals surface area contributed by atoms with Gasteiger partial charge in [-0.3, -0.25) is 11.3 Å². The number of rotatable bonds is 4. The van der Waals surface area contributed by atoms with Crippen LogP contribution in [-0.4, -0.2) is 0 Å². The Kier molecular flexibility index (Phi) is 3.99. The molecule has 0 saturated heterocycles. The third-order valence-electron chi connectivity index (χ3n) is 3.27. The van der Waals surface area contributed by atoms with Crippen LogP contribution in [0.4, 0.5) is 0 Å². The van der Waals surface area contributed by atoms with E-state index in [2.05, 4.69) is 52.3 Å². The lowest BCUT2D eigenvalue weighted by atomic mass is 9.80. The highest BCUT2D eigenvalue weighted by molar-refractivity contribution is 14.1. The largest absolute Gasteiger partial charge is 0.271 e. The van der Waals surface area contributed by atoms with Crippen LogP contribution in [0.1, 0.15) is 37.3 Å². The summed E-state index contributed by atoms with van der Waals surface area (Å²) in [4.78, 5) is 0. The van der Waals surface area contributed by atoms with E-state index in [4.69, 9.17) is 5.84 Å². The molecule has 2 nitrogen and oxygen atoms in total. The van der Waals surface area contributed by atoms with Crippen LogP contribution in [0.15, 0.2) is 24.3 Å².